The van der Waals surface area contributed by atoms with Crippen LogP contribution in [0, 0.1) is 0 Å². The summed E-state index contributed by atoms with van der Waals surface area (Å²) in [4.78, 5) is 17.4. The topological polar surface area (TPSA) is 51.2 Å². The van der Waals surface area contributed by atoms with Gasteiger partial charge in [-0.2, -0.15) is 0 Å². The number of pyridine rings is 1. The molecule has 144 valence electrons. The van der Waals surface area contributed by atoms with Gasteiger partial charge in [0.15, 0.2) is 0 Å². The maximum atomic E-state index is 12.2. The van der Waals surface area contributed by atoms with Gasteiger partial charge in [0.25, 0.3) is 0 Å². The summed E-state index contributed by atoms with van der Waals surface area (Å²) in [5.74, 6) is 1.19. The minimum atomic E-state index is -0.0645. The van der Waals surface area contributed by atoms with Crippen molar-refractivity contribution in [2.24, 2.45) is 0 Å². The number of halogens is 1. The van der Waals surface area contributed by atoms with Gasteiger partial charge in [0, 0.05) is 27.3 Å². The standard InChI is InChI=1S/C22H21BrN2O2S/c1-16(25-22(26)15-28-21-10-6-19(23)7-11-21)18-4-8-20(9-5-18)27-14-17-3-2-12-24-13-17/h2-13,16H,14-15H2,1H3,(H,25,26). The predicted molar refractivity (Wildman–Crippen MR) is 116 cm³/mol. The average molecular weight is 457 g/mol. The minimum Gasteiger partial charge on any atom is -0.489 e. The number of aromatic nitrogens is 1. The number of amides is 1. The van der Waals surface area contributed by atoms with E-state index in [0.29, 0.717) is 12.4 Å². The van der Waals surface area contributed by atoms with Gasteiger partial charge in [-0.25, -0.2) is 0 Å². The molecule has 1 atom stereocenters. The molecule has 28 heavy (non-hydrogen) atoms. The maximum Gasteiger partial charge on any atom is 0.230 e. The quantitative estimate of drug-likeness (QED) is 0.461. The Bertz CT molecular complexity index is 887. The molecule has 0 saturated heterocycles. The van der Waals surface area contributed by atoms with Crippen LogP contribution in [0.4, 0.5) is 0 Å². The van der Waals surface area contributed by atoms with Crippen LogP contribution in [0.5, 0.6) is 5.75 Å². The van der Waals surface area contributed by atoms with Crippen molar-refractivity contribution in [2.75, 3.05) is 5.75 Å². The van der Waals surface area contributed by atoms with Gasteiger partial charge in [-0.1, -0.05) is 34.1 Å². The zero-order valence-electron chi connectivity index (χ0n) is 15.5. The molecule has 0 radical (unpaired) electrons. The van der Waals surface area contributed by atoms with Gasteiger partial charge in [0.1, 0.15) is 12.4 Å². The van der Waals surface area contributed by atoms with Crippen molar-refractivity contribution in [1.29, 1.82) is 0 Å². The first-order chi connectivity index (χ1) is 13.6. The van der Waals surface area contributed by atoms with E-state index in [1.54, 1.807) is 12.4 Å². The van der Waals surface area contributed by atoms with Crippen molar-refractivity contribution in [3.8, 4) is 5.75 Å². The zero-order chi connectivity index (χ0) is 19.8. The normalized spacial score (nSPS) is 11.6. The third-order valence-corrected chi connectivity index (χ3v) is 5.61. The lowest BCUT2D eigenvalue weighted by molar-refractivity contribution is -0.119. The van der Waals surface area contributed by atoms with Gasteiger partial charge < -0.3 is 10.1 Å². The highest BCUT2D eigenvalue weighted by molar-refractivity contribution is 9.10. The fraction of sp³-hybridized carbons (Fsp3) is 0.182. The first-order valence-electron chi connectivity index (χ1n) is 8.89. The number of hydrogen-bond acceptors (Lipinski definition) is 4. The lowest BCUT2D eigenvalue weighted by atomic mass is 10.1. The molecular weight excluding hydrogens is 436 g/mol. The molecular formula is C22H21BrN2O2S. The molecule has 4 nitrogen and oxygen atoms in total. The number of nitrogens with one attached hydrogen (secondary N) is 1. The molecule has 6 heteroatoms. The van der Waals surface area contributed by atoms with Crippen LogP contribution < -0.4 is 10.1 Å². The molecule has 1 N–H and O–H groups in total. The summed E-state index contributed by atoms with van der Waals surface area (Å²) in [6.07, 6.45) is 3.53. The minimum absolute atomic E-state index is 0.0114. The maximum absolute atomic E-state index is 12.2. The van der Waals surface area contributed by atoms with Crippen LogP contribution in [0.15, 0.2) is 82.4 Å². The molecule has 0 bridgehead atoms. The fourth-order valence-corrected chi connectivity index (χ4v) is 3.52. The molecule has 1 amide bonds. The van der Waals surface area contributed by atoms with Crippen LogP contribution in [-0.4, -0.2) is 16.6 Å². The fourth-order valence-electron chi connectivity index (χ4n) is 2.55. The molecule has 1 unspecified atom stereocenters. The van der Waals surface area contributed by atoms with Gasteiger partial charge in [-0.15, -0.1) is 11.8 Å². The van der Waals surface area contributed by atoms with Gasteiger partial charge in [0.05, 0.1) is 11.8 Å². The van der Waals surface area contributed by atoms with E-state index in [-0.39, 0.29) is 11.9 Å². The molecule has 0 saturated carbocycles. The molecule has 3 aromatic rings. The Balaban J connectivity index is 1.46. The number of carbonyl (C=O) groups is 1. The highest BCUT2D eigenvalue weighted by Crippen LogP contribution is 2.22. The first kappa shape index (κ1) is 20.4. The van der Waals surface area contributed by atoms with Crippen molar-refractivity contribution in [3.05, 3.63) is 88.7 Å². The molecule has 0 aliphatic heterocycles. The van der Waals surface area contributed by atoms with E-state index in [0.717, 1.165) is 26.2 Å². The summed E-state index contributed by atoms with van der Waals surface area (Å²) in [6.45, 7) is 2.46. The molecule has 0 spiro atoms. The third kappa shape index (κ3) is 6.39. The highest BCUT2D eigenvalue weighted by Gasteiger charge is 2.10. The van der Waals surface area contributed by atoms with E-state index in [1.165, 1.54) is 11.8 Å². The summed E-state index contributed by atoms with van der Waals surface area (Å²) < 4.78 is 6.80. The number of hydrogen-bond donors (Lipinski definition) is 1. The first-order valence-corrected chi connectivity index (χ1v) is 10.7. The average Bonchev–Trinajstić information content (AvgIpc) is 2.73. The molecule has 1 aromatic heterocycles. The van der Waals surface area contributed by atoms with Crippen LogP contribution in [0.1, 0.15) is 24.1 Å². The van der Waals surface area contributed by atoms with Crippen LogP contribution in [0.25, 0.3) is 0 Å². The molecule has 2 aromatic carbocycles. The summed E-state index contributed by atoms with van der Waals surface area (Å²) in [5.41, 5.74) is 2.06. The monoisotopic (exact) mass is 456 g/mol. The Morgan fingerprint density at radius 3 is 2.57 bits per heavy atom. The van der Waals surface area contributed by atoms with Gasteiger partial charge >= 0.3 is 0 Å². The smallest absolute Gasteiger partial charge is 0.230 e. The molecule has 0 aliphatic rings. The van der Waals surface area contributed by atoms with Crippen molar-refractivity contribution >= 4 is 33.6 Å². The Morgan fingerprint density at radius 2 is 1.89 bits per heavy atom. The van der Waals surface area contributed by atoms with Crippen LogP contribution in [0.2, 0.25) is 0 Å². The van der Waals surface area contributed by atoms with E-state index in [1.807, 2.05) is 67.6 Å². The Morgan fingerprint density at radius 1 is 1.14 bits per heavy atom. The Hall–Kier alpha value is -2.31. The van der Waals surface area contributed by atoms with E-state index >= 15 is 0 Å². The summed E-state index contributed by atoms with van der Waals surface area (Å²) in [5, 5.41) is 3.04. The van der Waals surface area contributed by atoms with Gasteiger partial charge in [0.2, 0.25) is 5.91 Å². The number of rotatable bonds is 8. The van der Waals surface area contributed by atoms with E-state index in [9.17, 15) is 4.79 Å². The predicted octanol–water partition coefficient (Wildman–Crippen LogP) is 5.39. The van der Waals surface area contributed by atoms with Crippen molar-refractivity contribution < 1.29 is 9.53 Å². The lowest BCUT2D eigenvalue weighted by Crippen LogP contribution is -2.28. The Labute approximate surface area is 177 Å². The molecule has 1 heterocycles. The third-order valence-electron chi connectivity index (χ3n) is 4.07. The van der Waals surface area contributed by atoms with Gasteiger partial charge in [-0.3, -0.25) is 9.78 Å². The second kappa shape index (κ2) is 10.3. The van der Waals surface area contributed by atoms with E-state index in [2.05, 4.69) is 26.2 Å². The number of thioether (sulfide) groups is 1. The number of ether oxygens (including phenoxy) is 1. The second-order valence-electron chi connectivity index (χ2n) is 6.25. The summed E-state index contributed by atoms with van der Waals surface area (Å²) >= 11 is 4.93. The molecule has 0 fully saturated rings. The van der Waals surface area contributed by atoms with Crippen LogP contribution in [0.3, 0.4) is 0 Å². The zero-order valence-corrected chi connectivity index (χ0v) is 17.9. The van der Waals surface area contributed by atoms with E-state index in [4.69, 9.17) is 4.74 Å². The molecule has 3 rings (SSSR count). The van der Waals surface area contributed by atoms with Gasteiger partial charge in [-0.05, 0) is 55.0 Å². The number of nitrogens with zero attached hydrogens (tertiary/aromatic N) is 1. The second-order valence-corrected chi connectivity index (χ2v) is 8.22. The molecule has 0 aliphatic carbocycles. The van der Waals surface area contributed by atoms with Crippen LogP contribution >= 0.6 is 27.7 Å². The summed E-state index contributed by atoms with van der Waals surface area (Å²) in [7, 11) is 0. The number of benzene rings is 2. The van der Waals surface area contributed by atoms with Crippen LogP contribution in [-0.2, 0) is 11.4 Å². The number of carbonyl (C=O) groups excluding carboxylic acids is 1. The Kier molecular flexibility index (Phi) is 7.51. The SMILES string of the molecule is CC(NC(=O)CSc1ccc(Br)cc1)c1ccc(OCc2cccnc2)cc1. The summed E-state index contributed by atoms with van der Waals surface area (Å²) in [6, 6.07) is 19.5. The van der Waals surface area contributed by atoms with Crippen molar-refractivity contribution in [3.63, 3.8) is 0 Å². The van der Waals surface area contributed by atoms with Crippen molar-refractivity contribution in [2.45, 2.75) is 24.5 Å². The largest absolute Gasteiger partial charge is 0.489 e. The van der Waals surface area contributed by atoms with Crippen molar-refractivity contribution in [1.82, 2.24) is 10.3 Å². The lowest BCUT2D eigenvalue weighted by Gasteiger charge is -2.15. The van der Waals surface area contributed by atoms with E-state index < -0.39 is 0 Å². The highest BCUT2D eigenvalue weighted by atomic mass is 79.9.